The first-order valence-corrected chi connectivity index (χ1v) is 4.36. The van der Waals surface area contributed by atoms with Crippen LogP contribution < -0.4 is 4.74 Å². The van der Waals surface area contributed by atoms with Crippen molar-refractivity contribution >= 4 is 22.9 Å². The van der Waals surface area contributed by atoms with E-state index in [0.29, 0.717) is 5.01 Å². The van der Waals surface area contributed by atoms with E-state index in [2.05, 4.69) is 14.9 Å². The minimum atomic E-state index is -2.49. The average molecular weight is 215 g/mol. The smallest absolute Gasteiger partial charge is 0.294 e. The number of rotatable bonds is 4. The highest BCUT2D eigenvalue weighted by molar-refractivity contribution is 7.13. The maximum absolute atomic E-state index is 11.6. The van der Waals surface area contributed by atoms with Crippen molar-refractivity contribution in [3.8, 4) is 5.19 Å². The van der Waals surface area contributed by atoms with Gasteiger partial charge in [0.05, 0.1) is 5.88 Å². The Morgan fingerprint density at radius 1 is 1.50 bits per heavy atom. The molecule has 1 rings (SSSR count). The molecule has 1 aromatic rings. The third-order valence-electron chi connectivity index (χ3n) is 0.895. The molecule has 0 aliphatic rings. The number of aromatic nitrogens is 2. The summed E-state index contributed by atoms with van der Waals surface area (Å²) in [6.07, 6.45) is -2.49. The Morgan fingerprint density at radius 3 is 2.75 bits per heavy atom. The highest BCUT2D eigenvalue weighted by Crippen LogP contribution is 2.19. The number of alkyl halides is 3. The predicted molar refractivity (Wildman–Crippen MR) is 41.0 cm³/mol. The van der Waals surface area contributed by atoms with Gasteiger partial charge in [-0.1, -0.05) is 11.3 Å². The summed E-state index contributed by atoms with van der Waals surface area (Å²) < 4.78 is 27.8. The third-order valence-corrected chi connectivity index (χ3v) is 2.14. The van der Waals surface area contributed by atoms with Crippen LogP contribution in [0.25, 0.3) is 0 Å². The van der Waals surface area contributed by atoms with Crippen molar-refractivity contribution in [1.82, 2.24) is 10.2 Å². The van der Waals surface area contributed by atoms with E-state index in [4.69, 9.17) is 11.6 Å². The average Bonchev–Trinajstić information content (AvgIpc) is 2.48. The molecule has 0 bridgehead atoms. The fourth-order valence-electron chi connectivity index (χ4n) is 0.485. The molecule has 0 spiro atoms. The monoisotopic (exact) mass is 214 g/mol. The molecule has 0 aliphatic carbocycles. The normalized spacial score (nSPS) is 10.7. The van der Waals surface area contributed by atoms with E-state index in [1.54, 1.807) is 0 Å². The maximum atomic E-state index is 11.6. The van der Waals surface area contributed by atoms with Gasteiger partial charge in [0.15, 0.2) is 6.61 Å². The van der Waals surface area contributed by atoms with Crippen molar-refractivity contribution in [2.45, 2.75) is 12.3 Å². The van der Waals surface area contributed by atoms with Crippen molar-refractivity contribution in [2.24, 2.45) is 0 Å². The fourth-order valence-corrected chi connectivity index (χ4v) is 1.25. The first-order valence-electron chi connectivity index (χ1n) is 3.01. The van der Waals surface area contributed by atoms with Gasteiger partial charge in [-0.3, -0.25) is 0 Å². The van der Waals surface area contributed by atoms with Gasteiger partial charge >= 0.3 is 0 Å². The second kappa shape index (κ2) is 4.51. The Hall–Kier alpha value is -0.490. The van der Waals surface area contributed by atoms with Crippen LogP contribution in [-0.2, 0) is 5.88 Å². The van der Waals surface area contributed by atoms with E-state index in [-0.39, 0.29) is 11.1 Å². The maximum Gasteiger partial charge on any atom is 0.294 e. The largest absolute Gasteiger partial charge is 0.463 e. The van der Waals surface area contributed by atoms with Gasteiger partial charge in [0.1, 0.15) is 5.01 Å². The third kappa shape index (κ3) is 2.86. The van der Waals surface area contributed by atoms with Gasteiger partial charge < -0.3 is 4.74 Å². The standard InChI is InChI=1S/C5H5ClF2N2OS/c6-1-4-9-10-5(12-4)11-2-3(7)8/h3H,1-2H2. The van der Waals surface area contributed by atoms with Crippen LogP contribution in [-0.4, -0.2) is 23.2 Å². The van der Waals surface area contributed by atoms with Gasteiger partial charge in [-0.15, -0.1) is 21.8 Å². The zero-order valence-electron chi connectivity index (χ0n) is 5.84. The lowest BCUT2D eigenvalue weighted by atomic mass is 10.8. The highest BCUT2D eigenvalue weighted by atomic mass is 35.5. The number of hydrogen-bond acceptors (Lipinski definition) is 4. The summed E-state index contributed by atoms with van der Waals surface area (Å²) in [7, 11) is 0. The molecule has 0 aliphatic heterocycles. The molecule has 7 heteroatoms. The Labute approximate surface area is 76.3 Å². The van der Waals surface area contributed by atoms with E-state index in [1.807, 2.05) is 0 Å². The SMILES string of the molecule is FC(F)COc1nnc(CCl)s1. The lowest BCUT2D eigenvalue weighted by molar-refractivity contribution is 0.0814. The Bertz CT molecular complexity index is 245. The molecule has 0 atom stereocenters. The Kier molecular flexibility index (Phi) is 3.61. The molecule has 0 unspecified atom stereocenters. The lowest BCUT2D eigenvalue weighted by Crippen LogP contribution is -2.06. The molecule has 12 heavy (non-hydrogen) atoms. The predicted octanol–water partition coefficient (Wildman–Crippen LogP) is 1.92. The molecule has 68 valence electrons. The van der Waals surface area contributed by atoms with Gasteiger partial charge in [-0.2, -0.15) is 0 Å². The minimum absolute atomic E-state index is 0.131. The van der Waals surface area contributed by atoms with Crippen molar-refractivity contribution in [1.29, 1.82) is 0 Å². The molecule has 0 saturated heterocycles. The van der Waals surface area contributed by atoms with Crippen LogP contribution in [0.4, 0.5) is 8.78 Å². The highest BCUT2D eigenvalue weighted by Gasteiger charge is 2.07. The van der Waals surface area contributed by atoms with Crippen LogP contribution in [0.1, 0.15) is 5.01 Å². The minimum Gasteiger partial charge on any atom is -0.463 e. The first-order chi connectivity index (χ1) is 5.72. The summed E-state index contributed by atoms with van der Waals surface area (Å²) in [5.74, 6) is 0.218. The van der Waals surface area contributed by atoms with Crippen LogP contribution >= 0.6 is 22.9 Å². The Morgan fingerprint density at radius 2 is 2.25 bits per heavy atom. The molecule has 3 nitrogen and oxygen atoms in total. The topological polar surface area (TPSA) is 35.0 Å². The van der Waals surface area contributed by atoms with E-state index in [9.17, 15) is 8.78 Å². The summed E-state index contributed by atoms with van der Waals surface area (Å²) in [6, 6.07) is 0. The molecule has 0 saturated carbocycles. The second-order valence-corrected chi connectivity index (χ2v) is 3.09. The molecule has 0 aromatic carbocycles. The molecule has 0 fully saturated rings. The summed E-state index contributed by atoms with van der Waals surface area (Å²) >= 11 is 6.47. The van der Waals surface area contributed by atoms with Gasteiger partial charge in [0, 0.05) is 0 Å². The van der Waals surface area contributed by atoms with Gasteiger partial charge in [-0.05, 0) is 0 Å². The van der Waals surface area contributed by atoms with E-state index in [0.717, 1.165) is 11.3 Å². The van der Waals surface area contributed by atoms with Crippen LogP contribution in [0.2, 0.25) is 0 Å². The van der Waals surface area contributed by atoms with Crippen LogP contribution in [0.5, 0.6) is 5.19 Å². The van der Waals surface area contributed by atoms with Gasteiger partial charge in [0.25, 0.3) is 11.6 Å². The molecule has 1 heterocycles. The van der Waals surface area contributed by atoms with Crippen LogP contribution in [0.3, 0.4) is 0 Å². The molecule has 0 radical (unpaired) electrons. The summed E-state index contributed by atoms with van der Waals surface area (Å²) in [5.41, 5.74) is 0. The van der Waals surface area contributed by atoms with Crippen molar-refractivity contribution in [3.63, 3.8) is 0 Å². The number of hydrogen-bond donors (Lipinski definition) is 0. The van der Waals surface area contributed by atoms with Crippen LogP contribution in [0.15, 0.2) is 0 Å². The summed E-state index contributed by atoms with van der Waals surface area (Å²) in [4.78, 5) is 0. The van der Waals surface area contributed by atoms with Crippen molar-refractivity contribution in [3.05, 3.63) is 5.01 Å². The fraction of sp³-hybridized carbons (Fsp3) is 0.600. The van der Waals surface area contributed by atoms with Crippen molar-refractivity contribution in [2.75, 3.05) is 6.61 Å². The summed E-state index contributed by atoms with van der Waals surface area (Å²) in [5, 5.41) is 7.75. The molecule has 0 N–H and O–H groups in total. The molecular formula is C5H5ClF2N2OS. The van der Waals surface area contributed by atoms with E-state index in [1.165, 1.54) is 0 Å². The number of halogens is 3. The van der Waals surface area contributed by atoms with Gasteiger partial charge in [0.2, 0.25) is 0 Å². The zero-order valence-corrected chi connectivity index (χ0v) is 7.41. The number of ether oxygens (including phenoxy) is 1. The molecule has 0 amide bonds. The Balaban J connectivity index is 2.41. The molecule has 1 aromatic heterocycles. The lowest BCUT2D eigenvalue weighted by Gasteiger charge is -1.97. The van der Waals surface area contributed by atoms with Crippen LogP contribution in [0, 0.1) is 0 Å². The molecular weight excluding hydrogens is 210 g/mol. The van der Waals surface area contributed by atoms with E-state index < -0.39 is 13.0 Å². The second-order valence-electron chi connectivity index (χ2n) is 1.80. The quantitative estimate of drug-likeness (QED) is 0.719. The zero-order chi connectivity index (χ0) is 8.97. The summed E-state index contributed by atoms with van der Waals surface area (Å²) in [6.45, 7) is -0.656. The van der Waals surface area contributed by atoms with Crippen molar-refractivity contribution < 1.29 is 13.5 Å². The number of nitrogens with zero attached hydrogens (tertiary/aromatic N) is 2. The first kappa shape index (κ1) is 9.60. The van der Waals surface area contributed by atoms with Gasteiger partial charge in [-0.25, -0.2) is 8.78 Å². The van der Waals surface area contributed by atoms with E-state index >= 15 is 0 Å².